The first-order valence-corrected chi connectivity index (χ1v) is 6.33. The summed E-state index contributed by atoms with van der Waals surface area (Å²) in [5.74, 6) is -0.433. The van der Waals surface area contributed by atoms with Crippen LogP contribution in [0.5, 0.6) is 0 Å². The summed E-state index contributed by atoms with van der Waals surface area (Å²) in [5.41, 5.74) is -2.34. The van der Waals surface area contributed by atoms with Crippen molar-refractivity contribution in [1.82, 2.24) is 0 Å². The van der Waals surface area contributed by atoms with Crippen LogP contribution in [0.4, 0.5) is 13.2 Å². The number of benzene rings is 1. The molecule has 1 aromatic carbocycles. The van der Waals surface area contributed by atoms with Gasteiger partial charge in [-0.1, -0.05) is 30.3 Å². The first kappa shape index (κ1) is 12.2. The Morgan fingerprint density at radius 1 is 1.11 bits per heavy atom. The zero-order valence-corrected chi connectivity index (χ0v) is 10.3. The fourth-order valence-electron chi connectivity index (χ4n) is 2.23. The maximum absolute atomic E-state index is 13.6. The summed E-state index contributed by atoms with van der Waals surface area (Å²) < 4.78 is 45.8. The van der Waals surface area contributed by atoms with Crippen LogP contribution in [0.2, 0.25) is 0 Å². The molecule has 0 fully saturated rings. The van der Waals surface area contributed by atoms with Gasteiger partial charge in [-0.3, -0.25) is 5.41 Å². The standard InChI is InChI=1S/C13H8F3NOS/c14-13(15,16)12(8-4-2-1-3-5-8)10-9(6-7-19-10)11(17)18-12/h1-7,17H. The molecular weight excluding hydrogens is 275 g/mol. The summed E-state index contributed by atoms with van der Waals surface area (Å²) in [6.45, 7) is 0. The van der Waals surface area contributed by atoms with Crippen molar-refractivity contribution in [3.63, 3.8) is 0 Å². The predicted octanol–water partition coefficient (Wildman–Crippen LogP) is 3.91. The number of nitrogens with one attached hydrogen (secondary N) is 1. The first-order valence-electron chi connectivity index (χ1n) is 5.45. The molecule has 98 valence electrons. The van der Waals surface area contributed by atoms with Crippen LogP contribution in [0.3, 0.4) is 0 Å². The Bertz CT molecular complexity index is 635. The number of hydrogen-bond acceptors (Lipinski definition) is 3. The lowest BCUT2D eigenvalue weighted by molar-refractivity contribution is -0.237. The van der Waals surface area contributed by atoms with Crippen molar-refractivity contribution in [3.05, 3.63) is 57.8 Å². The van der Waals surface area contributed by atoms with E-state index >= 15 is 0 Å². The lowest BCUT2D eigenvalue weighted by Crippen LogP contribution is -2.43. The van der Waals surface area contributed by atoms with E-state index in [9.17, 15) is 13.2 Å². The van der Waals surface area contributed by atoms with Crippen molar-refractivity contribution < 1.29 is 17.9 Å². The zero-order valence-electron chi connectivity index (χ0n) is 9.49. The normalized spacial score (nSPS) is 22.2. The molecule has 0 saturated carbocycles. The van der Waals surface area contributed by atoms with Crippen molar-refractivity contribution >= 4 is 17.2 Å². The third-order valence-electron chi connectivity index (χ3n) is 3.06. The SMILES string of the molecule is N=C1OC(c2ccccc2)(C(F)(F)F)c2sccc21. The van der Waals surface area contributed by atoms with E-state index in [1.165, 1.54) is 30.3 Å². The lowest BCUT2D eigenvalue weighted by Gasteiger charge is -2.31. The molecule has 0 aliphatic carbocycles. The molecule has 1 atom stereocenters. The second-order valence-corrected chi connectivity index (χ2v) is 5.06. The van der Waals surface area contributed by atoms with Crippen molar-refractivity contribution in [1.29, 1.82) is 5.41 Å². The lowest BCUT2D eigenvalue weighted by atomic mass is 9.91. The van der Waals surface area contributed by atoms with Gasteiger partial charge in [0, 0.05) is 5.56 Å². The first-order chi connectivity index (χ1) is 8.97. The van der Waals surface area contributed by atoms with Crippen LogP contribution in [0.25, 0.3) is 0 Å². The summed E-state index contributed by atoms with van der Waals surface area (Å²) in [6.07, 6.45) is -4.63. The molecule has 2 nitrogen and oxygen atoms in total. The maximum atomic E-state index is 13.6. The van der Waals surface area contributed by atoms with Gasteiger partial charge in [0.1, 0.15) is 0 Å². The molecule has 0 spiro atoms. The van der Waals surface area contributed by atoms with Gasteiger partial charge < -0.3 is 4.74 Å². The molecule has 1 aliphatic rings. The van der Waals surface area contributed by atoms with Gasteiger partial charge in [-0.2, -0.15) is 13.2 Å². The highest BCUT2D eigenvalue weighted by molar-refractivity contribution is 7.10. The van der Waals surface area contributed by atoms with E-state index in [4.69, 9.17) is 10.1 Å². The number of alkyl halides is 3. The highest BCUT2D eigenvalue weighted by Crippen LogP contribution is 2.53. The van der Waals surface area contributed by atoms with E-state index < -0.39 is 17.7 Å². The third kappa shape index (κ3) is 1.53. The van der Waals surface area contributed by atoms with E-state index in [-0.39, 0.29) is 16.0 Å². The molecule has 1 aromatic heterocycles. The van der Waals surface area contributed by atoms with Gasteiger partial charge in [-0.15, -0.1) is 11.3 Å². The number of rotatable bonds is 1. The Morgan fingerprint density at radius 3 is 2.42 bits per heavy atom. The van der Waals surface area contributed by atoms with Crippen LogP contribution in [0.15, 0.2) is 41.8 Å². The summed E-state index contributed by atoms with van der Waals surface area (Å²) in [5, 5.41) is 9.16. The van der Waals surface area contributed by atoms with Gasteiger partial charge in [-0.05, 0) is 11.4 Å². The summed E-state index contributed by atoms with van der Waals surface area (Å²) >= 11 is 0.959. The van der Waals surface area contributed by atoms with Crippen LogP contribution >= 0.6 is 11.3 Å². The molecule has 19 heavy (non-hydrogen) atoms. The van der Waals surface area contributed by atoms with E-state index in [1.807, 2.05) is 0 Å². The minimum absolute atomic E-state index is 0.00606. The minimum atomic E-state index is -4.63. The van der Waals surface area contributed by atoms with Crippen LogP contribution in [0, 0.1) is 5.41 Å². The van der Waals surface area contributed by atoms with Crippen molar-refractivity contribution in [2.24, 2.45) is 0 Å². The van der Waals surface area contributed by atoms with Crippen LogP contribution in [0.1, 0.15) is 16.0 Å². The van der Waals surface area contributed by atoms with Gasteiger partial charge in [0.2, 0.25) is 5.90 Å². The molecule has 1 aliphatic heterocycles. The van der Waals surface area contributed by atoms with Gasteiger partial charge in [-0.25, -0.2) is 0 Å². The topological polar surface area (TPSA) is 33.1 Å². The quantitative estimate of drug-likeness (QED) is 0.845. The van der Waals surface area contributed by atoms with E-state index in [1.54, 1.807) is 11.4 Å². The fourth-order valence-corrected chi connectivity index (χ4v) is 3.30. The molecule has 1 N–H and O–H groups in total. The van der Waals surface area contributed by atoms with Gasteiger partial charge in [0.25, 0.3) is 5.60 Å². The number of fused-ring (bicyclic) bond motifs is 1. The van der Waals surface area contributed by atoms with Crippen molar-refractivity contribution in [2.45, 2.75) is 11.8 Å². The minimum Gasteiger partial charge on any atom is -0.450 e. The largest absolute Gasteiger partial charge is 0.450 e. The molecule has 2 aromatic rings. The van der Waals surface area contributed by atoms with E-state index in [2.05, 4.69) is 0 Å². The molecule has 3 rings (SSSR count). The Morgan fingerprint density at radius 2 is 1.79 bits per heavy atom. The average Bonchev–Trinajstić information content (AvgIpc) is 2.93. The number of hydrogen-bond donors (Lipinski definition) is 1. The summed E-state index contributed by atoms with van der Waals surface area (Å²) in [7, 11) is 0. The highest BCUT2D eigenvalue weighted by Gasteiger charge is 2.65. The van der Waals surface area contributed by atoms with Crippen molar-refractivity contribution in [2.75, 3.05) is 0 Å². The van der Waals surface area contributed by atoms with E-state index in [0.717, 1.165) is 11.3 Å². The molecule has 2 heterocycles. The fraction of sp³-hybridized carbons (Fsp3) is 0.154. The van der Waals surface area contributed by atoms with Crippen LogP contribution in [-0.2, 0) is 10.3 Å². The van der Waals surface area contributed by atoms with Gasteiger partial charge in [0.05, 0.1) is 10.4 Å². The van der Waals surface area contributed by atoms with Gasteiger partial charge in [0.15, 0.2) is 0 Å². The monoisotopic (exact) mass is 283 g/mol. The smallest absolute Gasteiger partial charge is 0.438 e. The maximum Gasteiger partial charge on any atom is 0.438 e. The second-order valence-electron chi connectivity index (χ2n) is 4.14. The summed E-state index contributed by atoms with van der Waals surface area (Å²) in [6, 6.07) is 8.93. The average molecular weight is 283 g/mol. The Labute approximate surface area is 111 Å². The molecule has 0 amide bonds. The summed E-state index contributed by atoms with van der Waals surface area (Å²) in [4.78, 5) is 0.0243. The number of thiophene rings is 1. The Balaban J connectivity index is 2.31. The molecule has 0 bridgehead atoms. The van der Waals surface area contributed by atoms with Crippen molar-refractivity contribution in [3.8, 4) is 0 Å². The van der Waals surface area contributed by atoms with Crippen LogP contribution in [-0.4, -0.2) is 12.1 Å². The number of halogens is 3. The second kappa shape index (κ2) is 3.84. The van der Waals surface area contributed by atoms with Gasteiger partial charge >= 0.3 is 6.18 Å². The molecule has 6 heteroatoms. The Kier molecular flexibility index (Phi) is 2.47. The Hall–Kier alpha value is -1.82. The molecular formula is C13H8F3NOS. The predicted molar refractivity (Wildman–Crippen MR) is 65.5 cm³/mol. The zero-order chi connectivity index (χ0) is 13.7. The third-order valence-corrected chi connectivity index (χ3v) is 4.08. The molecule has 1 unspecified atom stereocenters. The molecule has 0 radical (unpaired) electrons. The van der Waals surface area contributed by atoms with Crippen LogP contribution < -0.4 is 0 Å². The van der Waals surface area contributed by atoms with E-state index in [0.29, 0.717) is 0 Å². The number of ether oxygens (including phenoxy) is 1. The highest BCUT2D eigenvalue weighted by atomic mass is 32.1. The molecule has 0 saturated heterocycles.